The van der Waals surface area contributed by atoms with Crippen LogP contribution in [0.3, 0.4) is 0 Å². The van der Waals surface area contributed by atoms with Crippen molar-refractivity contribution in [2.24, 2.45) is 0 Å². The molecule has 6 nitrogen and oxygen atoms in total. The summed E-state index contributed by atoms with van der Waals surface area (Å²) in [4.78, 5) is 15.0. The van der Waals surface area contributed by atoms with Gasteiger partial charge in [-0.1, -0.05) is 6.07 Å². The molecular weight excluding hydrogens is 322 g/mol. The van der Waals surface area contributed by atoms with Crippen molar-refractivity contribution < 1.29 is 23.7 Å². The predicted octanol–water partition coefficient (Wildman–Crippen LogP) is 2.53. The van der Waals surface area contributed by atoms with Crippen molar-refractivity contribution in [3.05, 3.63) is 46.5 Å². The number of benzene rings is 2. The fourth-order valence-corrected chi connectivity index (χ4v) is 4.10. The summed E-state index contributed by atoms with van der Waals surface area (Å²) in [5, 5.41) is 0. The first-order valence-corrected chi connectivity index (χ1v) is 8.21. The Kier molecular flexibility index (Phi) is 2.92. The van der Waals surface area contributed by atoms with Crippen molar-refractivity contribution in [1.29, 1.82) is 0 Å². The molecule has 5 rings (SSSR count). The molecule has 0 aliphatic carbocycles. The van der Waals surface area contributed by atoms with Crippen molar-refractivity contribution in [2.45, 2.75) is 12.5 Å². The van der Waals surface area contributed by atoms with E-state index in [-0.39, 0.29) is 18.7 Å². The molecule has 0 aromatic heterocycles. The molecule has 128 valence electrons. The Labute approximate surface area is 144 Å². The van der Waals surface area contributed by atoms with Crippen molar-refractivity contribution in [3.63, 3.8) is 0 Å². The molecule has 1 atom stereocenters. The number of hydrogen-bond donors (Lipinski definition) is 0. The zero-order valence-corrected chi connectivity index (χ0v) is 14.0. The Hall–Kier alpha value is -2.89. The lowest BCUT2D eigenvalue weighted by atomic mass is 9.89. The van der Waals surface area contributed by atoms with Crippen LogP contribution in [0.2, 0.25) is 0 Å². The average Bonchev–Trinajstić information content (AvgIpc) is 3.21. The van der Waals surface area contributed by atoms with Crippen LogP contribution in [0.1, 0.15) is 33.1 Å². The Morgan fingerprint density at radius 2 is 1.88 bits per heavy atom. The van der Waals surface area contributed by atoms with Gasteiger partial charge in [0.15, 0.2) is 23.0 Å². The van der Waals surface area contributed by atoms with Gasteiger partial charge in [-0.2, -0.15) is 0 Å². The summed E-state index contributed by atoms with van der Waals surface area (Å²) in [6, 6.07) is 7.74. The number of amides is 1. The number of ether oxygens (including phenoxy) is 4. The number of methoxy groups -OCH3 is 2. The third-order valence-electron chi connectivity index (χ3n) is 5.21. The molecule has 0 bridgehead atoms. The van der Waals surface area contributed by atoms with Gasteiger partial charge in [-0.15, -0.1) is 0 Å². The van der Waals surface area contributed by atoms with Crippen molar-refractivity contribution in [2.75, 3.05) is 27.6 Å². The Balaban J connectivity index is 1.72. The van der Waals surface area contributed by atoms with Gasteiger partial charge in [-0.3, -0.25) is 4.79 Å². The normalized spacial score (nSPS) is 19.4. The molecule has 1 amide bonds. The third kappa shape index (κ3) is 1.82. The third-order valence-corrected chi connectivity index (χ3v) is 5.21. The lowest BCUT2D eigenvalue weighted by Crippen LogP contribution is -2.35. The first-order valence-electron chi connectivity index (χ1n) is 8.21. The fraction of sp³-hybridized carbons (Fsp3) is 0.316. The van der Waals surface area contributed by atoms with E-state index < -0.39 is 0 Å². The fourth-order valence-electron chi connectivity index (χ4n) is 4.10. The van der Waals surface area contributed by atoms with E-state index in [1.165, 1.54) is 5.56 Å². The lowest BCUT2D eigenvalue weighted by molar-refractivity contribution is 0.0737. The van der Waals surface area contributed by atoms with E-state index in [4.69, 9.17) is 18.9 Å². The van der Waals surface area contributed by atoms with Gasteiger partial charge in [0.05, 0.1) is 25.8 Å². The van der Waals surface area contributed by atoms with Crippen LogP contribution in [-0.2, 0) is 6.42 Å². The highest BCUT2D eigenvalue weighted by molar-refractivity contribution is 6.03. The van der Waals surface area contributed by atoms with Crippen molar-refractivity contribution >= 4 is 5.91 Å². The Bertz CT molecular complexity index is 907. The van der Waals surface area contributed by atoms with Gasteiger partial charge in [0.25, 0.3) is 5.91 Å². The minimum absolute atomic E-state index is 0.0148. The quantitative estimate of drug-likeness (QED) is 0.842. The maximum absolute atomic E-state index is 13.1. The van der Waals surface area contributed by atoms with Gasteiger partial charge >= 0.3 is 0 Å². The molecule has 0 unspecified atom stereocenters. The molecule has 6 heteroatoms. The monoisotopic (exact) mass is 339 g/mol. The zero-order chi connectivity index (χ0) is 17.1. The number of hydrogen-bond acceptors (Lipinski definition) is 5. The van der Waals surface area contributed by atoms with Crippen LogP contribution in [0.5, 0.6) is 23.0 Å². The van der Waals surface area contributed by atoms with Crippen molar-refractivity contribution in [3.8, 4) is 23.0 Å². The van der Waals surface area contributed by atoms with Gasteiger partial charge in [0.2, 0.25) is 6.79 Å². The molecule has 25 heavy (non-hydrogen) atoms. The molecule has 0 fully saturated rings. The average molecular weight is 339 g/mol. The first-order chi connectivity index (χ1) is 12.2. The van der Waals surface area contributed by atoms with Crippen LogP contribution in [0, 0.1) is 0 Å². The van der Waals surface area contributed by atoms with Crippen LogP contribution < -0.4 is 18.9 Å². The molecule has 0 spiro atoms. The van der Waals surface area contributed by atoms with E-state index in [0.29, 0.717) is 23.6 Å². The van der Waals surface area contributed by atoms with Crippen LogP contribution in [-0.4, -0.2) is 38.4 Å². The minimum Gasteiger partial charge on any atom is -0.493 e. The summed E-state index contributed by atoms with van der Waals surface area (Å²) < 4.78 is 21.9. The lowest BCUT2D eigenvalue weighted by Gasteiger charge is -2.32. The van der Waals surface area contributed by atoms with E-state index >= 15 is 0 Å². The van der Waals surface area contributed by atoms with E-state index in [0.717, 1.165) is 29.0 Å². The number of carbonyl (C=O) groups is 1. The van der Waals surface area contributed by atoms with Gasteiger partial charge in [-0.25, -0.2) is 0 Å². The number of rotatable bonds is 2. The summed E-state index contributed by atoms with van der Waals surface area (Å²) in [6.07, 6.45) is 0.793. The highest BCUT2D eigenvalue weighted by Crippen LogP contribution is 2.50. The molecule has 3 aliphatic heterocycles. The molecule has 2 aromatic rings. The molecule has 0 N–H and O–H groups in total. The summed E-state index contributed by atoms with van der Waals surface area (Å²) in [5.41, 5.74) is 3.83. The van der Waals surface area contributed by atoms with Gasteiger partial charge in [-0.05, 0) is 41.3 Å². The second-order valence-corrected chi connectivity index (χ2v) is 6.32. The molecule has 2 aromatic carbocycles. The second kappa shape index (κ2) is 5.05. The van der Waals surface area contributed by atoms with Crippen LogP contribution in [0.15, 0.2) is 24.3 Å². The van der Waals surface area contributed by atoms with E-state index in [2.05, 4.69) is 0 Å². The smallest absolute Gasteiger partial charge is 0.258 e. The topological polar surface area (TPSA) is 57.2 Å². The van der Waals surface area contributed by atoms with Gasteiger partial charge in [0, 0.05) is 6.54 Å². The highest BCUT2D eigenvalue weighted by atomic mass is 16.7. The molecule has 0 saturated heterocycles. The number of fused-ring (bicyclic) bond motifs is 6. The van der Waals surface area contributed by atoms with E-state index in [1.807, 2.05) is 29.2 Å². The predicted molar refractivity (Wildman–Crippen MR) is 88.7 cm³/mol. The van der Waals surface area contributed by atoms with Crippen LogP contribution >= 0.6 is 0 Å². The van der Waals surface area contributed by atoms with Crippen LogP contribution in [0.25, 0.3) is 0 Å². The standard InChI is InChI=1S/C19H17NO5/c1-22-13-4-3-11-16(18(13)23-2)19(21)20-6-5-10-7-14-15(25-9-24-14)8-12(10)17(11)20/h3-4,7-8,17H,5-6,9H2,1-2H3/t17-/m0/s1. The summed E-state index contributed by atoms with van der Waals surface area (Å²) >= 11 is 0. The number of carbonyl (C=O) groups excluding carboxylic acids is 1. The second-order valence-electron chi connectivity index (χ2n) is 6.32. The Morgan fingerprint density at radius 3 is 2.64 bits per heavy atom. The minimum atomic E-state index is -0.124. The molecule has 3 heterocycles. The summed E-state index contributed by atoms with van der Waals surface area (Å²) in [5.74, 6) is 2.58. The maximum atomic E-state index is 13.1. The van der Waals surface area contributed by atoms with Crippen LogP contribution in [0.4, 0.5) is 0 Å². The molecule has 0 saturated carbocycles. The zero-order valence-electron chi connectivity index (χ0n) is 14.0. The Morgan fingerprint density at radius 1 is 1.08 bits per heavy atom. The highest BCUT2D eigenvalue weighted by Gasteiger charge is 2.44. The van der Waals surface area contributed by atoms with E-state index in [1.54, 1.807) is 14.2 Å². The molecular formula is C19H17NO5. The molecule has 0 radical (unpaired) electrons. The van der Waals surface area contributed by atoms with Gasteiger partial charge < -0.3 is 23.8 Å². The summed E-state index contributed by atoms with van der Waals surface area (Å²) in [6.45, 7) is 0.906. The molecule has 3 aliphatic rings. The maximum Gasteiger partial charge on any atom is 0.258 e. The largest absolute Gasteiger partial charge is 0.493 e. The van der Waals surface area contributed by atoms with E-state index in [9.17, 15) is 4.79 Å². The van der Waals surface area contributed by atoms with Gasteiger partial charge in [0.1, 0.15) is 0 Å². The first kappa shape index (κ1) is 14.5. The SMILES string of the molecule is COc1ccc2c(c1OC)C(=O)N1CCc3cc4c(cc3[C@H]21)OCO4. The summed E-state index contributed by atoms with van der Waals surface area (Å²) in [7, 11) is 3.14. The number of nitrogens with zero attached hydrogens (tertiary/aromatic N) is 1. The van der Waals surface area contributed by atoms with Crippen molar-refractivity contribution in [1.82, 2.24) is 4.90 Å².